The average molecular weight is 431 g/mol. The van der Waals surface area contributed by atoms with Crippen LogP contribution in [0, 0.1) is 11.3 Å². The van der Waals surface area contributed by atoms with E-state index in [0.29, 0.717) is 47.9 Å². The molecular formula is C25H25N3O4. The number of hydrogen-bond donors (Lipinski definition) is 1. The van der Waals surface area contributed by atoms with Gasteiger partial charge in [0.05, 0.1) is 11.6 Å². The van der Waals surface area contributed by atoms with Crippen molar-refractivity contribution in [1.29, 1.82) is 5.26 Å². The number of fused-ring (bicyclic) bond motifs is 1. The van der Waals surface area contributed by atoms with Crippen LogP contribution in [0.15, 0.2) is 48.7 Å². The summed E-state index contributed by atoms with van der Waals surface area (Å²) in [4.78, 5) is 38.4. The lowest BCUT2D eigenvalue weighted by Gasteiger charge is -2.20. The van der Waals surface area contributed by atoms with Crippen LogP contribution in [0.5, 0.6) is 0 Å². The zero-order valence-electron chi connectivity index (χ0n) is 18.2. The summed E-state index contributed by atoms with van der Waals surface area (Å²) in [6.45, 7) is 1.86. The number of amides is 1. The van der Waals surface area contributed by atoms with Gasteiger partial charge in [0.15, 0.2) is 5.78 Å². The maximum atomic E-state index is 13.0. The van der Waals surface area contributed by atoms with Gasteiger partial charge in [0.2, 0.25) is 0 Å². The van der Waals surface area contributed by atoms with Crippen LogP contribution in [0.1, 0.15) is 51.6 Å². The number of carbonyl (C=O) groups is 3. The SMILES string of the molecule is CCCN(CC(=O)O)C(=O)c1ccc2c(c1)c(C(=O)CCc1ccc(C#N)cc1)cn2C. The first-order valence-electron chi connectivity index (χ1n) is 10.5. The molecule has 164 valence electrons. The van der Waals surface area contributed by atoms with E-state index in [9.17, 15) is 14.4 Å². The summed E-state index contributed by atoms with van der Waals surface area (Å²) in [7, 11) is 1.84. The molecule has 1 amide bonds. The lowest BCUT2D eigenvalue weighted by Crippen LogP contribution is -2.36. The van der Waals surface area contributed by atoms with Gasteiger partial charge in [-0.05, 0) is 48.7 Å². The van der Waals surface area contributed by atoms with Crippen molar-refractivity contribution in [2.75, 3.05) is 13.1 Å². The normalized spacial score (nSPS) is 10.7. The molecule has 1 aromatic heterocycles. The van der Waals surface area contributed by atoms with Crippen molar-refractivity contribution in [2.24, 2.45) is 7.05 Å². The maximum absolute atomic E-state index is 13.0. The quantitative estimate of drug-likeness (QED) is 0.519. The Labute approximate surface area is 186 Å². The molecule has 1 heterocycles. The van der Waals surface area contributed by atoms with Crippen LogP contribution in [0.25, 0.3) is 10.9 Å². The van der Waals surface area contributed by atoms with Gasteiger partial charge in [0, 0.05) is 48.2 Å². The minimum absolute atomic E-state index is 0.0412. The van der Waals surface area contributed by atoms with E-state index >= 15 is 0 Å². The summed E-state index contributed by atoms with van der Waals surface area (Å²) >= 11 is 0. The lowest BCUT2D eigenvalue weighted by molar-refractivity contribution is -0.137. The van der Waals surface area contributed by atoms with E-state index in [0.717, 1.165) is 11.1 Å². The number of nitrogens with zero attached hydrogens (tertiary/aromatic N) is 3. The molecule has 3 rings (SSSR count). The van der Waals surface area contributed by atoms with E-state index in [2.05, 4.69) is 6.07 Å². The smallest absolute Gasteiger partial charge is 0.323 e. The number of carboxylic acids is 1. The van der Waals surface area contributed by atoms with Crippen LogP contribution in [-0.4, -0.2) is 45.3 Å². The van der Waals surface area contributed by atoms with Crippen LogP contribution in [0.3, 0.4) is 0 Å². The van der Waals surface area contributed by atoms with Gasteiger partial charge in [-0.15, -0.1) is 0 Å². The highest BCUT2D eigenvalue weighted by Gasteiger charge is 2.20. The van der Waals surface area contributed by atoms with Gasteiger partial charge >= 0.3 is 5.97 Å². The Hall–Kier alpha value is -3.92. The molecule has 0 unspecified atom stereocenters. The molecule has 1 N–H and O–H groups in total. The van der Waals surface area contributed by atoms with Gasteiger partial charge < -0.3 is 14.6 Å². The number of carbonyl (C=O) groups excluding carboxylic acids is 2. The summed E-state index contributed by atoms with van der Waals surface area (Å²) < 4.78 is 1.85. The van der Waals surface area contributed by atoms with E-state index in [4.69, 9.17) is 10.4 Å². The largest absolute Gasteiger partial charge is 0.480 e. The van der Waals surface area contributed by atoms with Crippen LogP contribution >= 0.6 is 0 Å². The number of aryl methyl sites for hydroxylation is 2. The van der Waals surface area contributed by atoms with Crippen molar-refractivity contribution in [3.8, 4) is 6.07 Å². The van der Waals surface area contributed by atoms with Crippen molar-refractivity contribution in [3.05, 3.63) is 70.9 Å². The van der Waals surface area contributed by atoms with Crippen molar-refractivity contribution in [3.63, 3.8) is 0 Å². The number of rotatable bonds is 9. The van der Waals surface area contributed by atoms with Gasteiger partial charge in [-0.25, -0.2) is 0 Å². The highest BCUT2D eigenvalue weighted by molar-refractivity contribution is 6.10. The third-order valence-corrected chi connectivity index (χ3v) is 5.37. The summed E-state index contributed by atoms with van der Waals surface area (Å²) in [5.41, 5.74) is 3.26. The fourth-order valence-electron chi connectivity index (χ4n) is 3.75. The Morgan fingerprint density at radius 1 is 1.12 bits per heavy atom. The van der Waals surface area contributed by atoms with Crippen LogP contribution in [-0.2, 0) is 18.3 Å². The van der Waals surface area contributed by atoms with Gasteiger partial charge in [-0.2, -0.15) is 5.26 Å². The van der Waals surface area contributed by atoms with Gasteiger partial charge in [0.1, 0.15) is 6.54 Å². The predicted octanol–water partition coefficient (Wildman–Crippen LogP) is 3.80. The fraction of sp³-hybridized carbons (Fsp3) is 0.280. The summed E-state index contributed by atoms with van der Waals surface area (Å²) in [6.07, 6.45) is 3.25. The fourth-order valence-corrected chi connectivity index (χ4v) is 3.75. The molecule has 0 radical (unpaired) electrons. The van der Waals surface area contributed by atoms with E-state index in [-0.39, 0.29) is 18.2 Å². The predicted molar refractivity (Wildman–Crippen MR) is 121 cm³/mol. The first-order valence-corrected chi connectivity index (χ1v) is 10.5. The topological polar surface area (TPSA) is 103 Å². The molecule has 0 atom stereocenters. The summed E-state index contributed by atoms with van der Waals surface area (Å²) in [6, 6.07) is 14.4. The molecule has 0 saturated carbocycles. The van der Waals surface area contributed by atoms with Crippen molar-refractivity contribution in [2.45, 2.75) is 26.2 Å². The number of aliphatic carboxylic acids is 1. The van der Waals surface area contributed by atoms with Crippen LogP contribution < -0.4 is 0 Å². The zero-order chi connectivity index (χ0) is 23.3. The second kappa shape index (κ2) is 9.92. The number of hydrogen-bond acceptors (Lipinski definition) is 4. The maximum Gasteiger partial charge on any atom is 0.323 e. The molecule has 0 bridgehead atoms. The summed E-state index contributed by atoms with van der Waals surface area (Å²) in [5, 5.41) is 18.7. The number of Topliss-reactive ketones (excluding diaryl/α,β-unsaturated/α-hetero) is 1. The molecule has 2 aromatic carbocycles. The van der Waals surface area contributed by atoms with E-state index < -0.39 is 5.97 Å². The monoisotopic (exact) mass is 431 g/mol. The number of nitriles is 1. The van der Waals surface area contributed by atoms with Crippen LogP contribution in [0.4, 0.5) is 0 Å². The first-order chi connectivity index (χ1) is 15.3. The first kappa shape index (κ1) is 22.8. The third kappa shape index (κ3) is 5.03. The molecule has 7 heteroatoms. The number of benzene rings is 2. The Bertz CT molecular complexity index is 1200. The molecule has 0 fully saturated rings. The Morgan fingerprint density at radius 2 is 1.84 bits per heavy atom. The van der Waals surface area contributed by atoms with E-state index in [1.165, 1.54) is 4.90 Å². The van der Waals surface area contributed by atoms with Crippen molar-refractivity contribution in [1.82, 2.24) is 9.47 Å². The Balaban J connectivity index is 1.85. The minimum Gasteiger partial charge on any atom is -0.480 e. The lowest BCUT2D eigenvalue weighted by atomic mass is 10.0. The van der Waals surface area contributed by atoms with E-state index in [1.807, 2.05) is 30.7 Å². The standard InChI is InChI=1S/C25H25N3O4/c1-3-12-28(16-24(30)31)25(32)19-9-10-22-20(13-19)21(15-27(22)2)23(29)11-8-17-4-6-18(14-26)7-5-17/h4-7,9-10,13,15H,3,8,11-12,16H2,1-2H3,(H,30,31). The molecule has 0 spiro atoms. The number of carboxylic acid groups (broad SMARTS) is 1. The molecule has 0 aliphatic heterocycles. The second-order valence-electron chi connectivity index (χ2n) is 7.74. The molecule has 3 aromatic rings. The minimum atomic E-state index is -1.06. The summed E-state index contributed by atoms with van der Waals surface area (Å²) in [5.74, 6) is -1.47. The molecule has 32 heavy (non-hydrogen) atoms. The van der Waals surface area contributed by atoms with Crippen molar-refractivity contribution < 1.29 is 19.5 Å². The Kier molecular flexibility index (Phi) is 7.06. The molecular weight excluding hydrogens is 406 g/mol. The molecule has 0 aliphatic rings. The second-order valence-corrected chi connectivity index (χ2v) is 7.74. The number of aromatic nitrogens is 1. The van der Waals surface area contributed by atoms with Gasteiger partial charge in [-0.3, -0.25) is 14.4 Å². The average Bonchev–Trinajstić information content (AvgIpc) is 3.12. The molecule has 0 saturated heterocycles. The number of ketones is 1. The van der Waals surface area contributed by atoms with Crippen molar-refractivity contribution >= 4 is 28.6 Å². The van der Waals surface area contributed by atoms with Gasteiger partial charge in [-0.1, -0.05) is 19.1 Å². The highest BCUT2D eigenvalue weighted by atomic mass is 16.4. The van der Waals surface area contributed by atoms with E-state index in [1.54, 1.807) is 36.5 Å². The van der Waals surface area contributed by atoms with Crippen LogP contribution in [0.2, 0.25) is 0 Å². The molecule has 7 nitrogen and oxygen atoms in total. The van der Waals surface area contributed by atoms with Gasteiger partial charge in [0.25, 0.3) is 5.91 Å². The Morgan fingerprint density at radius 3 is 2.47 bits per heavy atom. The molecule has 0 aliphatic carbocycles. The third-order valence-electron chi connectivity index (χ3n) is 5.37. The zero-order valence-corrected chi connectivity index (χ0v) is 18.2. The highest BCUT2D eigenvalue weighted by Crippen LogP contribution is 2.25.